The molecule has 0 fully saturated rings. The van der Waals surface area contributed by atoms with Crippen LogP contribution in [-0.2, 0) is 19.4 Å². The van der Waals surface area contributed by atoms with Crippen molar-refractivity contribution in [2.45, 2.75) is 19.4 Å². The van der Waals surface area contributed by atoms with Crippen molar-refractivity contribution in [3.63, 3.8) is 0 Å². The quantitative estimate of drug-likeness (QED) is 0.702. The number of carbonyl (C=O) groups is 1. The first-order valence-corrected chi connectivity index (χ1v) is 9.43. The maximum Gasteiger partial charge on any atom is 0.322 e. The zero-order valence-corrected chi connectivity index (χ0v) is 16.0. The van der Waals surface area contributed by atoms with E-state index in [1.54, 1.807) is 36.4 Å². The Morgan fingerprint density at radius 2 is 2.07 bits per heavy atom. The van der Waals surface area contributed by atoms with Crippen LogP contribution in [0, 0.1) is 17.1 Å². The second kappa shape index (κ2) is 8.17. The van der Waals surface area contributed by atoms with Gasteiger partial charge in [-0.1, -0.05) is 18.2 Å². The largest absolute Gasteiger partial charge is 0.322 e. The number of benzene rings is 2. The molecule has 3 aromatic rings. The molecule has 2 heterocycles. The fourth-order valence-electron chi connectivity index (χ4n) is 3.40. The number of aromatic amines is 1. The topological polar surface area (TPSA) is 102 Å². The fraction of sp³-hybridized carbons (Fsp3) is 0.182. The van der Waals surface area contributed by atoms with Crippen LogP contribution < -0.4 is 10.9 Å². The monoisotopic (exact) mass is 403 g/mol. The van der Waals surface area contributed by atoms with E-state index < -0.39 is 0 Å². The molecular formula is C22H18FN5O2. The number of nitrogens with zero attached hydrogens (tertiary/aromatic N) is 3. The molecule has 0 atom stereocenters. The molecule has 1 aliphatic rings. The third kappa shape index (κ3) is 4.20. The Morgan fingerprint density at radius 3 is 2.83 bits per heavy atom. The van der Waals surface area contributed by atoms with Crippen molar-refractivity contribution in [1.82, 2.24) is 14.9 Å². The van der Waals surface area contributed by atoms with Gasteiger partial charge in [-0.2, -0.15) is 5.26 Å². The second-order valence-corrected chi connectivity index (χ2v) is 7.04. The van der Waals surface area contributed by atoms with Crippen molar-refractivity contribution in [1.29, 1.82) is 5.26 Å². The number of nitrogens with one attached hydrogen (secondary N) is 2. The first-order chi connectivity index (χ1) is 14.5. The van der Waals surface area contributed by atoms with Crippen LogP contribution in [0.1, 0.15) is 28.2 Å². The van der Waals surface area contributed by atoms with Crippen LogP contribution in [0.3, 0.4) is 0 Å². The van der Waals surface area contributed by atoms with E-state index in [0.29, 0.717) is 47.7 Å². The molecule has 1 aliphatic heterocycles. The lowest BCUT2D eigenvalue weighted by Crippen LogP contribution is -2.42. The summed E-state index contributed by atoms with van der Waals surface area (Å²) in [7, 11) is 0. The second-order valence-electron chi connectivity index (χ2n) is 7.04. The van der Waals surface area contributed by atoms with Crippen LogP contribution in [0.15, 0.2) is 53.3 Å². The molecule has 2 aromatic carbocycles. The molecule has 2 N–H and O–H groups in total. The molecule has 0 saturated carbocycles. The first-order valence-electron chi connectivity index (χ1n) is 9.43. The number of nitriles is 1. The Kier molecular flexibility index (Phi) is 5.26. The smallest absolute Gasteiger partial charge is 0.320 e. The minimum Gasteiger partial charge on any atom is -0.320 e. The van der Waals surface area contributed by atoms with Crippen LogP contribution in [0.2, 0.25) is 0 Å². The molecule has 7 nitrogen and oxygen atoms in total. The van der Waals surface area contributed by atoms with Crippen molar-refractivity contribution < 1.29 is 9.18 Å². The Morgan fingerprint density at radius 1 is 1.27 bits per heavy atom. The highest BCUT2D eigenvalue weighted by Crippen LogP contribution is 2.17. The van der Waals surface area contributed by atoms with Crippen LogP contribution in [0.25, 0.3) is 0 Å². The van der Waals surface area contributed by atoms with Crippen molar-refractivity contribution in [3.8, 4) is 6.07 Å². The highest BCUT2D eigenvalue weighted by molar-refractivity contribution is 5.89. The normalized spacial score (nSPS) is 12.7. The zero-order valence-electron chi connectivity index (χ0n) is 16.0. The SMILES string of the molecule is N#Cc1cccc(NC(=O)N2CCc3nc(Cc4ccc(F)cc4)[nH]c(=O)c3C2)c1. The number of urea groups is 1. The lowest BCUT2D eigenvalue weighted by molar-refractivity contribution is 0.205. The number of fused-ring (bicyclic) bond motifs is 1. The van der Waals surface area contributed by atoms with E-state index in [9.17, 15) is 14.0 Å². The third-order valence-electron chi connectivity index (χ3n) is 4.93. The van der Waals surface area contributed by atoms with Crippen LogP contribution in [0.4, 0.5) is 14.9 Å². The summed E-state index contributed by atoms with van der Waals surface area (Å²) >= 11 is 0. The van der Waals surface area contributed by atoms with Crippen molar-refractivity contribution in [2.24, 2.45) is 0 Å². The molecule has 8 heteroatoms. The van der Waals surface area contributed by atoms with Crippen LogP contribution in [0.5, 0.6) is 0 Å². The van der Waals surface area contributed by atoms with Crippen molar-refractivity contribution >= 4 is 11.7 Å². The number of aromatic nitrogens is 2. The van der Waals surface area contributed by atoms with Gasteiger partial charge in [0.05, 0.1) is 29.4 Å². The molecule has 0 unspecified atom stereocenters. The molecule has 4 rings (SSSR count). The van der Waals surface area contributed by atoms with Gasteiger partial charge in [0.25, 0.3) is 5.56 Å². The predicted octanol–water partition coefficient (Wildman–Crippen LogP) is 2.96. The summed E-state index contributed by atoms with van der Waals surface area (Å²) in [6.07, 6.45) is 0.851. The standard InChI is InChI=1S/C22H18FN5O2/c23-16-6-4-14(5-7-16)11-20-26-19-8-9-28(13-18(19)21(29)27-20)22(30)25-17-3-1-2-15(10-17)12-24/h1-7,10H,8-9,11,13H2,(H,25,30)(H,26,27,29). The minimum absolute atomic E-state index is 0.151. The molecule has 2 amide bonds. The average Bonchev–Trinajstić information content (AvgIpc) is 2.75. The number of hydrogen-bond donors (Lipinski definition) is 2. The number of halogens is 1. The Labute approximate surface area is 171 Å². The van der Waals surface area contributed by atoms with Gasteiger partial charge in [-0.3, -0.25) is 4.79 Å². The number of hydrogen-bond acceptors (Lipinski definition) is 4. The summed E-state index contributed by atoms with van der Waals surface area (Å²) in [6.45, 7) is 0.571. The molecule has 0 aliphatic carbocycles. The Hall–Kier alpha value is -3.99. The Bertz CT molecular complexity index is 1200. The van der Waals surface area contributed by atoms with Gasteiger partial charge in [-0.05, 0) is 35.9 Å². The third-order valence-corrected chi connectivity index (χ3v) is 4.93. The number of anilines is 1. The van der Waals surface area contributed by atoms with E-state index >= 15 is 0 Å². The van der Waals surface area contributed by atoms with Gasteiger partial charge in [-0.15, -0.1) is 0 Å². The molecule has 0 spiro atoms. The molecule has 0 bridgehead atoms. The summed E-state index contributed by atoms with van der Waals surface area (Å²) < 4.78 is 13.1. The van der Waals surface area contributed by atoms with Crippen molar-refractivity contribution in [2.75, 3.05) is 11.9 Å². The summed E-state index contributed by atoms with van der Waals surface area (Å²) in [6, 6.07) is 14.4. The minimum atomic E-state index is -0.342. The lowest BCUT2D eigenvalue weighted by Gasteiger charge is -2.28. The Balaban J connectivity index is 1.48. The average molecular weight is 403 g/mol. The number of rotatable bonds is 3. The lowest BCUT2D eigenvalue weighted by atomic mass is 10.1. The van der Waals surface area contributed by atoms with Crippen LogP contribution in [-0.4, -0.2) is 27.4 Å². The van der Waals surface area contributed by atoms with Crippen molar-refractivity contribution in [3.05, 3.63) is 92.9 Å². The summed E-state index contributed by atoms with van der Waals surface area (Å²) in [5.41, 5.74) is 2.67. The highest BCUT2D eigenvalue weighted by atomic mass is 19.1. The maximum atomic E-state index is 13.1. The summed E-state index contributed by atoms with van der Waals surface area (Å²) in [5.74, 6) is 0.194. The molecular weight excluding hydrogens is 385 g/mol. The predicted molar refractivity (Wildman–Crippen MR) is 108 cm³/mol. The highest BCUT2D eigenvalue weighted by Gasteiger charge is 2.24. The van der Waals surface area contributed by atoms with E-state index in [-0.39, 0.29) is 24.0 Å². The molecule has 150 valence electrons. The number of amides is 2. The molecule has 0 radical (unpaired) electrons. The summed E-state index contributed by atoms with van der Waals surface area (Å²) in [5, 5.41) is 11.7. The molecule has 30 heavy (non-hydrogen) atoms. The van der Waals surface area contributed by atoms with Gasteiger partial charge >= 0.3 is 6.03 Å². The van der Waals surface area contributed by atoms with E-state index in [0.717, 1.165) is 5.56 Å². The van der Waals surface area contributed by atoms with E-state index in [1.165, 1.54) is 17.0 Å². The van der Waals surface area contributed by atoms with Crippen LogP contribution >= 0.6 is 0 Å². The fourth-order valence-corrected chi connectivity index (χ4v) is 3.40. The van der Waals surface area contributed by atoms with Gasteiger partial charge < -0.3 is 15.2 Å². The number of carbonyl (C=O) groups excluding carboxylic acids is 1. The maximum absolute atomic E-state index is 13.1. The molecule has 0 saturated heterocycles. The summed E-state index contributed by atoms with van der Waals surface area (Å²) in [4.78, 5) is 34.0. The van der Waals surface area contributed by atoms with Gasteiger partial charge in [0.1, 0.15) is 11.6 Å². The van der Waals surface area contributed by atoms with Gasteiger partial charge in [0, 0.05) is 25.1 Å². The van der Waals surface area contributed by atoms with Gasteiger partial charge in [0.15, 0.2) is 0 Å². The number of H-pyrrole nitrogens is 1. The van der Waals surface area contributed by atoms with E-state index in [2.05, 4.69) is 15.3 Å². The zero-order chi connectivity index (χ0) is 21.1. The molecule has 1 aromatic heterocycles. The van der Waals surface area contributed by atoms with E-state index in [1.807, 2.05) is 6.07 Å². The van der Waals surface area contributed by atoms with Gasteiger partial charge in [0.2, 0.25) is 0 Å². The van der Waals surface area contributed by atoms with E-state index in [4.69, 9.17) is 5.26 Å². The van der Waals surface area contributed by atoms with Gasteiger partial charge in [-0.25, -0.2) is 14.2 Å². The first kappa shape index (κ1) is 19.3.